The summed E-state index contributed by atoms with van der Waals surface area (Å²) in [5.74, 6) is 0. The molecule has 2 heterocycles. The van der Waals surface area contributed by atoms with Crippen LogP contribution in [-0.2, 0) is 0 Å². The second-order valence-corrected chi connectivity index (χ2v) is 4.31. The smallest absolute Gasteiger partial charge is 0.176 e. The first-order chi connectivity index (χ1) is 9.15. The highest BCUT2D eigenvalue weighted by Crippen LogP contribution is 2.02. The molecule has 6 nitrogen and oxygen atoms in total. The number of pyridine rings is 1. The third-order valence-electron chi connectivity index (χ3n) is 2.27. The molecule has 0 aliphatic carbocycles. The van der Waals surface area contributed by atoms with E-state index in [0.29, 0.717) is 5.11 Å². The molecule has 2 rings (SSSR count). The number of thiocarbonyl (C=S) groups is 1. The van der Waals surface area contributed by atoms with Crippen molar-refractivity contribution in [2.45, 2.75) is 13.8 Å². The fourth-order valence-corrected chi connectivity index (χ4v) is 1.65. The molecule has 0 aromatic carbocycles. The topological polar surface area (TPSA) is 67.1 Å². The molecule has 0 saturated carbocycles. The Hall–Kier alpha value is -2.28. The molecule has 7 heteroatoms. The molecule has 0 bridgehead atoms. The summed E-state index contributed by atoms with van der Waals surface area (Å²) in [6.07, 6.45) is 4.88. The Kier molecular flexibility index (Phi) is 4.19. The molecule has 0 aliphatic heterocycles. The average Bonchev–Trinajstić information content (AvgIpc) is 2.69. The Bertz CT molecular complexity index is 590. The normalized spacial score (nSPS) is 10.6. The van der Waals surface area contributed by atoms with Gasteiger partial charge in [0.05, 0.1) is 23.3 Å². The number of nitrogens with zero attached hydrogens (tertiary/aromatic N) is 4. The highest BCUT2D eigenvalue weighted by molar-refractivity contribution is 7.80. The lowest BCUT2D eigenvalue weighted by molar-refractivity contribution is 0.708. The zero-order chi connectivity index (χ0) is 13.7. The predicted molar refractivity (Wildman–Crippen MR) is 79.2 cm³/mol. The van der Waals surface area contributed by atoms with E-state index in [0.717, 1.165) is 17.1 Å². The first kappa shape index (κ1) is 13.2. The average molecular weight is 274 g/mol. The van der Waals surface area contributed by atoms with Gasteiger partial charge in [-0.05, 0) is 44.3 Å². The molecule has 2 aromatic rings. The standard InChI is InChI=1S/C12H14N6S/c1-9-6-10(2)18(17-9)15-8-14-12(19)16-11-4-3-5-13-7-11/h3-8H,1-2H3,(H2,14,15,16,19). The van der Waals surface area contributed by atoms with Crippen LogP contribution in [0.2, 0.25) is 0 Å². The van der Waals surface area contributed by atoms with E-state index < -0.39 is 0 Å². The highest BCUT2D eigenvalue weighted by Gasteiger charge is 1.98. The van der Waals surface area contributed by atoms with Crippen molar-refractivity contribution in [3.63, 3.8) is 0 Å². The van der Waals surface area contributed by atoms with Crippen LogP contribution in [0.15, 0.2) is 35.7 Å². The van der Waals surface area contributed by atoms with Crippen molar-refractivity contribution in [2.24, 2.45) is 5.10 Å². The van der Waals surface area contributed by atoms with Crippen molar-refractivity contribution in [3.8, 4) is 0 Å². The van der Waals surface area contributed by atoms with Crippen molar-refractivity contribution in [1.29, 1.82) is 0 Å². The minimum atomic E-state index is 0.443. The number of hydrogen-bond donors (Lipinski definition) is 2. The van der Waals surface area contributed by atoms with E-state index >= 15 is 0 Å². The molecule has 0 unspecified atom stereocenters. The lowest BCUT2D eigenvalue weighted by atomic mass is 10.4. The molecule has 0 spiro atoms. The lowest BCUT2D eigenvalue weighted by Crippen LogP contribution is -2.27. The number of aromatic nitrogens is 3. The predicted octanol–water partition coefficient (Wildman–Crippen LogP) is 1.67. The number of rotatable bonds is 3. The number of nitrogens with one attached hydrogen (secondary N) is 2. The van der Waals surface area contributed by atoms with Crippen LogP contribution in [0.4, 0.5) is 5.69 Å². The molecule has 98 valence electrons. The van der Waals surface area contributed by atoms with Crippen LogP contribution < -0.4 is 10.6 Å². The van der Waals surface area contributed by atoms with Crippen LogP contribution >= 0.6 is 12.2 Å². The molecule has 19 heavy (non-hydrogen) atoms. The summed E-state index contributed by atoms with van der Waals surface area (Å²) in [5.41, 5.74) is 2.70. The largest absolute Gasteiger partial charge is 0.331 e. The van der Waals surface area contributed by atoms with Crippen LogP contribution in [0.25, 0.3) is 0 Å². The summed E-state index contributed by atoms with van der Waals surface area (Å²) in [4.78, 5) is 5.52. The zero-order valence-electron chi connectivity index (χ0n) is 10.7. The molecule has 2 aromatic heterocycles. The van der Waals surface area contributed by atoms with Crippen molar-refractivity contribution in [2.75, 3.05) is 5.32 Å². The van der Waals surface area contributed by atoms with Crippen LogP contribution in [0.1, 0.15) is 11.4 Å². The Morgan fingerprint density at radius 3 is 2.95 bits per heavy atom. The van der Waals surface area contributed by atoms with Gasteiger partial charge in [0.1, 0.15) is 6.34 Å². The molecule has 0 aliphatic rings. The maximum absolute atomic E-state index is 5.12. The molecular formula is C12H14N6S. The maximum Gasteiger partial charge on any atom is 0.176 e. The van der Waals surface area contributed by atoms with Gasteiger partial charge in [-0.2, -0.15) is 9.89 Å². The van der Waals surface area contributed by atoms with Gasteiger partial charge in [0.15, 0.2) is 5.11 Å². The first-order valence-electron chi connectivity index (χ1n) is 5.69. The lowest BCUT2D eigenvalue weighted by Gasteiger charge is -2.05. The third-order valence-corrected chi connectivity index (χ3v) is 2.49. The Morgan fingerprint density at radius 2 is 2.32 bits per heavy atom. The number of hydrogen-bond acceptors (Lipinski definition) is 4. The third kappa shape index (κ3) is 3.85. The molecule has 0 fully saturated rings. The van der Waals surface area contributed by atoms with Crippen molar-refractivity contribution < 1.29 is 0 Å². The van der Waals surface area contributed by atoms with E-state index in [-0.39, 0.29) is 0 Å². The van der Waals surface area contributed by atoms with E-state index in [2.05, 4.69) is 25.8 Å². The molecule has 0 radical (unpaired) electrons. The molecule has 0 atom stereocenters. The zero-order valence-corrected chi connectivity index (χ0v) is 11.5. The Morgan fingerprint density at radius 1 is 1.47 bits per heavy atom. The molecule has 0 amide bonds. The van der Waals surface area contributed by atoms with Crippen LogP contribution in [0.3, 0.4) is 0 Å². The van der Waals surface area contributed by atoms with E-state index in [4.69, 9.17) is 12.2 Å². The first-order valence-corrected chi connectivity index (χ1v) is 6.09. The Labute approximate surface area is 116 Å². The van der Waals surface area contributed by atoms with Crippen molar-refractivity contribution >= 4 is 29.4 Å². The van der Waals surface area contributed by atoms with Gasteiger partial charge in [-0.25, -0.2) is 0 Å². The van der Waals surface area contributed by atoms with Gasteiger partial charge < -0.3 is 10.6 Å². The van der Waals surface area contributed by atoms with E-state index in [1.165, 1.54) is 11.1 Å². The van der Waals surface area contributed by atoms with Gasteiger partial charge in [0, 0.05) is 6.20 Å². The number of aryl methyl sites for hydroxylation is 2. The van der Waals surface area contributed by atoms with Crippen LogP contribution in [0, 0.1) is 13.8 Å². The van der Waals surface area contributed by atoms with Gasteiger partial charge in [0.25, 0.3) is 0 Å². The van der Waals surface area contributed by atoms with Gasteiger partial charge in [-0.1, -0.05) is 0 Å². The minimum Gasteiger partial charge on any atom is -0.331 e. The van der Waals surface area contributed by atoms with Crippen molar-refractivity contribution in [3.05, 3.63) is 42.0 Å². The minimum absolute atomic E-state index is 0.443. The monoisotopic (exact) mass is 274 g/mol. The summed E-state index contributed by atoms with van der Waals surface area (Å²) >= 11 is 5.12. The van der Waals surface area contributed by atoms with E-state index in [1.807, 2.05) is 32.0 Å². The fourth-order valence-electron chi connectivity index (χ4n) is 1.48. The summed E-state index contributed by atoms with van der Waals surface area (Å²) in [6.45, 7) is 3.85. The summed E-state index contributed by atoms with van der Waals surface area (Å²) < 4.78 is 0. The Balaban J connectivity index is 1.88. The van der Waals surface area contributed by atoms with Gasteiger partial charge >= 0.3 is 0 Å². The fraction of sp³-hybridized carbons (Fsp3) is 0.167. The maximum atomic E-state index is 5.12. The van der Waals surface area contributed by atoms with Gasteiger partial charge in [-0.15, -0.1) is 5.10 Å². The summed E-state index contributed by atoms with van der Waals surface area (Å²) in [6, 6.07) is 5.65. The highest BCUT2D eigenvalue weighted by atomic mass is 32.1. The summed E-state index contributed by atoms with van der Waals surface area (Å²) in [7, 11) is 0. The molecular weight excluding hydrogens is 260 g/mol. The van der Waals surface area contributed by atoms with E-state index in [1.54, 1.807) is 12.4 Å². The second kappa shape index (κ2) is 6.05. The second-order valence-electron chi connectivity index (χ2n) is 3.90. The van der Waals surface area contributed by atoms with Crippen LogP contribution in [0.5, 0.6) is 0 Å². The SMILES string of the molecule is Cc1cc(C)n(/N=C/NC(=S)Nc2cccnc2)n1. The number of anilines is 1. The molecule has 2 N–H and O–H groups in total. The van der Waals surface area contributed by atoms with Gasteiger partial charge in [0.2, 0.25) is 0 Å². The summed E-state index contributed by atoms with van der Waals surface area (Å²) in [5, 5.41) is 14.6. The quantitative estimate of drug-likeness (QED) is 0.506. The van der Waals surface area contributed by atoms with E-state index in [9.17, 15) is 0 Å². The van der Waals surface area contributed by atoms with Gasteiger partial charge in [-0.3, -0.25) is 4.98 Å². The van der Waals surface area contributed by atoms with Crippen molar-refractivity contribution in [1.82, 2.24) is 20.2 Å². The van der Waals surface area contributed by atoms with Crippen LogP contribution in [-0.4, -0.2) is 26.3 Å². The molecule has 0 saturated heterocycles.